The summed E-state index contributed by atoms with van der Waals surface area (Å²) in [5.74, 6) is 6.52. The maximum atomic E-state index is 11.5. The highest BCUT2D eigenvalue weighted by Crippen LogP contribution is 2.32. The van der Waals surface area contributed by atoms with Crippen LogP contribution in [0.25, 0.3) is 0 Å². The molecule has 1 heterocycles. The topological polar surface area (TPSA) is 103 Å². The third-order valence-corrected chi connectivity index (χ3v) is 7.21. The van der Waals surface area contributed by atoms with Gasteiger partial charge in [0.15, 0.2) is 0 Å². The van der Waals surface area contributed by atoms with Crippen LogP contribution in [0.1, 0.15) is 54.5 Å². The fourth-order valence-corrected chi connectivity index (χ4v) is 5.18. The van der Waals surface area contributed by atoms with Crippen molar-refractivity contribution in [3.8, 4) is 5.75 Å². The molecule has 4 N–H and O–H groups in total. The molecule has 1 unspecified atom stereocenters. The van der Waals surface area contributed by atoms with Gasteiger partial charge in [0, 0.05) is 51.3 Å². The van der Waals surface area contributed by atoms with Gasteiger partial charge in [-0.1, -0.05) is 66.7 Å². The Labute approximate surface area is 237 Å². The van der Waals surface area contributed by atoms with Gasteiger partial charge in [0.2, 0.25) is 0 Å². The van der Waals surface area contributed by atoms with Crippen LogP contribution in [-0.2, 0) is 16.1 Å². The Kier molecular flexibility index (Phi) is 11.1. The molecule has 1 aliphatic heterocycles. The quantitative estimate of drug-likeness (QED) is 0.0784. The molecule has 40 heavy (non-hydrogen) atoms. The van der Waals surface area contributed by atoms with Gasteiger partial charge in [-0.2, -0.15) is 0 Å². The average molecular weight is 544 g/mol. The molecule has 8 nitrogen and oxygen atoms in total. The fraction of sp³-hybridized carbons (Fsp3) is 0.375. The molecule has 1 aliphatic rings. The second-order valence-electron chi connectivity index (χ2n) is 10.1. The Morgan fingerprint density at radius 3 is 2.40 bits per heavy atom. The highest BCUT2D eigenvalue weighted by Gasteiger charge is 2.27. The summed E-state index contributed by atoms with van der Waals surface area (Å²) in [6.07, 6.45) is 1.90. The van der Waals surface area contributed by atoms with Crippen LogP contribution in [0.5, 0.6) is 5.75 Å². The van der Waals surface area contributed by atoms with E-state index in [0.717, 1.165) is 62.3 Å². The largest absolute Gasteiger partial charge is 0.508 e. The summed E-state index contributed by atoms with van der Waals surface area (Å²) in [7, 11) is 0. The van der Waals surface area contributed by atoms with Crippen molar-refractivity contribution in [1.29, 1.82) is 0 Å². The van der Waals surface area contributed by atoms with Crippen molar-refractivity contribution >= 4 is 11.8 Å². The van der Waals surface area contributed by atoms with Gasteiger partial charge in [-0.25, -0.2) is 5.84 Å². The number of esters is 1. The Hall–Kier alpha value is -3.72. The second-order valence-corrected chi connectivity index (χ2v) is 10.1. The Bertz CT molecular complexity index is 1220. The molecule has 4 rings (SSSR count). The average Bonchev–Trinajstić information content (AvgIpc) is 2.97. The molecule has 212 valence electrons. The number of ether oxygens (including phenoxy) is 1. The van der Waals surface area contributed by atoms with Gasteiger partial charge >= 0.3 is 5.97 Å². The van der Waals surface area contributed by atoms with Gasteiger partial charge in [0.25, 0.3) is 0 Å². The van der Waals surface area contributed by atoms with Gasteiger partial charge in [-0.05, 0) is 48.6 Å². The number of hydrogen-bond acceptors (Lipinski definition) is 7. The molecular formula is C32H41N5O3. The van der Waals surface area contributed by atoms with Gasteiger partial charge in [0.05, 0.1) is 12.6 Å². The number of nitrogens with one attached hydrogen (secondary N) is 1. The number of hydrazine groups is 1. The number of phenols is 1. The lowest BCUT2D eigenvalue weighted by Crippen LogP contribution is -2.47. The van der Waals surface area contributed by atoms with E-state index in [2.05, 4.69) is 68.7 Å². The van der Waals surface area contributed by atoms with E-state index in [0.29, 0.717) is 25.4 Å². The molecule has 3 aromatic carbocycles. The standard InChI is InChI=1S/C32H41N5O3/c1-2-40-30(39)13-6-7-18-34-32(35-33)27-16-14-26(15-17-27)31(28-11-8-12-29(38)23-28)37-21-19-36(20-22-37)24-25-9-4-3-5-10-25/h3-5,8-12,14-17,23,31,38H,2,6-7,13,18-22,24,33H2,1H3,(H,34,35). The summed E-state index contributed by atoms with van der Waals surface area (Å²) in [6, 6.07) is 26.5. The van der Waals surface area contributed by atoms with Crippen LogP contribution in [0.4, 0.5) is 0 Å². The Morgan fingerprint density at radius 2 is 1.73 bits per heavy atom. The van der Waals surface area contributed by atoms with Crippen molar-refractivity contribution in [2.24, 2.45) is 10.8 Å². The molecule has 3 aromatic rings. The van der Waals surface area contributed by atoms with Crippen LogP contribution < -0.4 is 11.3 Å². The van der Waals surface area contributed by atoms with Crippen molar-refractivity contribution in [1.82, 2.24) is 15.2 Å². The van der Waals surface area contributed by atoms with Crippen LogP contribution in [0.2, 0.25) is 0 Å². The first-order valence-corrected chi connectivity index (χ1v) is 14.1. The highest BCUT2D eigenvalue weighted by atomic mass is 16.5. The Morgan fingerprint density at radius 1 is 0.975 bits per heavy atom. The van der Waals surface area contributed by atoms with Crippen LogP contribution in [-0.4, -0.2) is 66.0 Å². The van der Waals surface area contributed by atoms with Crippen molar-refractivity contribution in [3.05, 3.63) is 101 Å². The summed E-state index contributed by atoms with van der Waals surface area (Å²) in [5, 5.41) is 10.2. The number of unbranched alkanes of at least 4 members (excludes halogenated alkanes) is 1. The molecule has 0 aliphatic carbocycles. The smallest absolute Gasteiger partial charge is 0.305 e. The van der Waals surface area contributed by atoms with Gasteiger partial charge in [-0.15, -0.1) is 0 Å². The normalized spacial score (nSPS) is 15.5. The highest BCUT2D eigenvalue weighted by molar-refractivity contribution is 5.98. The molecule has 0 aromatic heterocycles. The summed E-state index contributed by atoms with van der Waals surface area (Å²) >= 11 is 0. The van der Waals surface area contributed by atoms with Crippen LogP contribution >= 0.6 is 0 Å². The minimum absolute atomic E-state index is 0.0223. The van der Waals surface area contributed by atoms with Crippen LogP contribution in [0, 0.1) is 0 Å². The summed E-state index contributed by atoms with van der Waals surface area (Å²) < 4.78 is 4.98. The number of piperazine rings is 1. The second kappa shape index (κ2) is 15.2. The van der Waals surface area contributed by atoms with Crippen LogP contribution in [0.3, 0.4) is 0 Å². The lowest BCUT2D eigenvalue weighted by atomic mass is 9.95. The van der Waals surface area contributed by atoms with E-state index in [9.17, 15) is 9.90 Å². The molecule has 0 bridgehead atoms. The number of nitrogens with two attached hydrogens (primary N) is 1. The monoisotopic (exact) mass is 543 g/mol. The lowest BCUT2D eigenvalue weighted by Gasteiger charge is -2.40. The summed E-state index contributed by atoms with van der Waals surface area (Å²) in [4.78, 5) is 21.1. The molecule has 0 saturated carbocycles. The van der Waals surface area contributed by atoms with Crippen molar-refractivity contribution in [2.45, 2.75) is 38.8 Å². The predicted octanol–water partition coefficient (Wildman–Crippen LogP) is 4.24. The first kappa shape index (κ1) is 29.3. The zero-order valence-electron chi connectivity index (χ0n) is 23.3. The van der Waals surface area contributed by atoms with E-state index in [1.54, 1.807) is 6.07 Å². The van der Waals surface area contributed by atoms with E-state index < -0.39 is 0 Å². The number of hydrogen-bond donors (Lipinski definition) is 3. The molecule has 0 amide bonds. The number of aromatic hydroxyl groups is 1. The van der Waals surface area contributed by atoms with Crippen molar-refractivity contribution < 1.29 is 14.6 Å². The molecular weight excluding hydrogens is 502 g/mol. The zero-order chi connectivity index (χ0) is 28.2. The van der Waals surface area contributed by atoms with E-state index in [1.165, 1.54) is 5.56 Å². The lowest BCUT2D eigenvalue weighted by molar-refractivity contribution is -0.143. The first-order valence-electron chi connectivity index (χ1n) is 14.1. The van der Waals surface area contributed by atoms with Crippen LogP contribution in [0.15, 0.2) is 83.9 Å². The van der Waals surface area contributed by atoms with Crippen molar-refractivity contribution in [2.75, 3.05) is 39.3 Å². The number of carbonyl (C=O) groups excluding carboxylic acids is 1. The van der Waals surface area contributed by atoms with E-state index >= 15 is 0 Å². The minimum Gasteiger partial charge on any atom is -0.508 e. The maximum Gasteiger partial charge on any atom is 0.305 e. The third kappa shape index (κ3) is 8.39. The van der Waals surface area contributed by atoms with Crippen molar-refractivity contribution in [3.63, 3.8) is 0 Å². The molecule has 0 radical (unpaired) electrons. The number of carbonyl (C=O) groups is 1. The van der Waals surface area contributed by atoms with E-state index in [-0.39, 0.29) is 17.8 Å². The minimum atomic E-state index is -0.168. The number of amidine groups is 1. The number of aliphatic imine (C=N–C) groups is 1. The SMILES string of the molecule is CCOC(=O)CCCCN=C(NN)c1ccc(C(c2cccc(O)c2)N2CCN(Cc3ccccc3)CC2)cc1. The molecule has 1 atom stereocenters. The predicted molar refractivity (Wildman–Crippen MR) is 159 cm³/mol. The van der Waals surface area contributed by atoms with Gasteiger partial charge < -0.3 is 15.3 Å². The number of rotatable bonds is 12. The summed E-state index contributed by atoms with van der Waals surface area (Å²) in [6.45, 7) is 7.56. The Balaban J connectivity index is 1.43. The van der Waals surface area contributed by atoms with E-state index in [1.807, 2.05) is 31.2 Å². The molecule has 8 heteroatoms. The number of phenolic OH excluding ortho intramolecular Hbond substituents is 1. The third-order valence-electron chi connectivity index (χ3n) is 7.21. The molecule has 1 fully saturated rings. The number of nitrogens with zero attached hydrogens (tertiary/aromatic N) is 3. The number of benzene rings is 3. The molecule has 0 spiro atoms. The summed E-state index contributed by atoms with van der Waals surface area (Å²) in [5.41, 5.74) is 7.18. The zero-order valence-corrected chi connectivity index (χ0v) is 23.3. The maximum absolute atomic E-state index is 11.5. The van der Waals surface area contributed by atoms with Gasteiger partial charge in [0.1, 0.15) is 11.6 Å². The van der Waals surface area contributed by atoms with Gasteiger partial charge in [-0.3, -0.25) is 19.6 Å². The first-order chi connectivity index (χ1) is 19.6. The fourth-order valence-electron chi connectivity index (χ4n) is 5.18. The molecule has 1 saturated heterocycles. The van der Waals surface area contributed by atoms with E-state index in [4.69, 9.17) is 10.6 Å².